The number of methoxy groups -OCH3 is 2. The third kappa shape index (κ3) is 5.00. The number of aliphatic imine (C=N–C) groups is 1. The molecule has 1 aliphatic rings. The molecular formula is C20H33N3O2S. The summed E-state index contributed by atoms with van der Waals surface area (Å²) in [6, 6.07) is 6.13. The number of hydrogen-bond acceptors (Lipinski definition) is 4. The average molecular weight is 380 g/mol. The molecular weight excluding hydrogens is 346 g/mol. The van der Waals surface area contributed by atoms with Crippen LogP contribution in [0.2, 0.25) is 0 Å². The number of nitrogens with zero attached hydrogens (tertiary/aromatic N) is 2. The van der Waals surface area contributed by atoms with Crippen molar-refractivity contribution >= 4 is 17.7 Å². The number of benzene rings is 1. The minimum atomic E-state index is -0.0739. The van der Waals surface area contributed by atoms with Gasteiger partial charge in [0.05, 0.1) is 14.2 Å². The van der Waals surface area contributed by atoms with E-state index in [1.807, 2.05) is 24.9 Å². The van der Waals surface area contributed by atoms with Gasteiger partial charge in [-0.1, -0.05) is 19.9 Å². The second kappa shape index (κ2) is 8.42. The van der Waals surface area contributed by atoms with Crippen molar-refractivity contribution in [2.24, 2.45) is 4.99 Å². The molecule has 146 valence electrons. The molecule has 0 spiro atoms. The first-order valence-corrected chi connectivity index (χ1v) is 10.0. The number of hydrogen-bond donors (Lipinski definition) is 1. The Bertz CT molecular complexity index is 644. The molecule has 1 saturated heterocycles. The van der Waals surface area contributed by atoms with Crippen LogP contribution in [0.25, 0.3) is 0 Å². The lowest BCUT2D eigenvalue weighted by Crippen LogP contribution is -2.52. The molecule has 0 saturated carbocycles. The molecule has 0 bridgehead atoms. The van der Waals surface area contributed by atoms with Crippen LogP contribution in [0.15, 0.2) is 23.2 Å². The van der Waals surface area contributed by atoms with Crippen LogP contribution < -0.4 is 14.8 Å². The topological polar surface area (TPSA) is 46.1 Å². The van der Waals surface area contributed by atoms with Crippen LogP contribution in [0.5, 0.6) is 11.5 Å². The standard InChI is InChI=1S/C20H33N3O2S/c1-19(2,15-8-9-16(24-6)17(12-15)25-7)13-22-18(21-5)23-10-11-26-20(3,4)14-23/h8-9,12H,10-11,13-14H2,1-7H3,(H,21,22). The molecule has 0 radical (unpaired) electrons. The summed E-state index contributed by atoms with van der Waals surface area (Å²) in [5, 5.41) is 3.58. The number of nitrogens with one attached hydrogen (secondary N) is 1. The van der Waals surface area contributed by atoms with Crippen LogP contribution in [-0.4, -0.2) is 62.3 Å². The van der Waals surface area contributed by atoms with Gasteiger partial charge >= 0.3 is 0 Å². The summed E-state index contributed by atoms with van der Waals surface area (Å²) >= 11 is 2.03. The zero-order valence-corrected chi connectivity index (χ0v) is 18.0. The molecule has 1 aliphatic heterocycles. The number of ether oxygens (including phenoxy) is 2. The Balaban J connectivity index is 2.08. The maximum Gasteiger partial charge on any atom is 0.193 e. The molecule has 0 atom stereocenters. The van der Waals surface area contributed by atoms with Crippen molar-refractivity contribution in [1.82, 2.24) is 10.2 Å². The van der Waals surface area contributed by atoms with E-state index in [-0.39, 0.29) is 10.2 Å². The Morgan fingerprint density at radius 3 is 2.54 bits per heavy atom. The van der Waals surface area contributed by atoms with Gasteiger partial charge in [0.2, 0.25) is 0 Å². The molecule has 0 unspecified atom stereocenters. The Kier molecular flexibility index (Phi) is 6.72. The van der Waals surface area contributed by atoms with Gasteiger partial charge < -0.3 is 19.7 Å². The van der Waals surface area contributed by atoms with Gasteiger partial charge in [-0.25, -0.2) is 0 Å². The minimum absolute atomic E-state index is 0.0739. The molecule has 1 heterocycles. The van der Waals surface area contributed by atoms with E-state index in [1.165, 1.54) is 5.56 Å². The van der Waals surface area contributed by atoms with Gasteiger partial charge in [-0.3, -0.25) is 4.99 Å². The van der Waals surface area contributed by atoms with E-state index in [1.54, 1.807) is 14.2 Å². The van der Waals surface area contributed by atoms with Crippen molar-refractivity contribution < 1.29 is 9.47 Å². The van der Waals surface area contributed by atoms with Crippen molar-refractivity contribution in [1.29, 1.82) is 0 Å². The summed E-state index contributed by atoms with van der Waals surface area (Å²) in [5.74, 6) is 3.63. The first kappa shape index (κ1) is 20.7. The van der Waals surface area contributed by atoms with Gasteiger partial charge in [0.15, 0.2) is 17.5 Å². The Morgan fingerprint density at radius 1 is 1.27 bits per heavy atom. The molecule has 0 aliphatic carbocycles. The third-order valence-corrected chi connectivity index (χ3v) is 6.09. The highest BCUT2D eigenvalue weighted by Crippen LogP contribution is 2.33. The van der Waals surface area contributed by atoms with Crippen LogP contribution in [-0.2, 0) is 5.41 Å². The summed E-state index contributed by atoms with van der Waals surface area (Å²) in [6.07, 6.45) is 0. The summed E-state index contributed by atoms with van der Waals surface area (Å²) in [5.41, 5.74) is 1.13. The predicted octanol–water partition coefficient (Wildman–Crippen LogP) is 3.38. The molecule has 1 fully saturated rings. The number of guanidine groups is 1. The lowest BCUT2D eigenvalue weighted by molar-refractivity contribution is 0.352. The van der Waals surface area contributed by atoms with Crippen molar-refractivity contribution in [3.05, 3.63) is 23.8 Å². The molecule has 1 aromatic rings. The highest BCUT2D eigenvalue weighted by Gasteiger charge is 2.30. The maximum absolute atomic E-state index is 5.46. The van der Waals surface area contributed by atoms with E-state index < -0.39 is 0 Å². The highest BCUT2D eigenvalue weighted by molar-refractivity contribution is 8.00. The van der Waals surface area contributed by atoms with E-state index in [0.717, 1.165) is 42.8 Å². The molecule has 6 heteroatoms. The maximum atomic E-state index is 5.46. The van der Waals surface area contributed by atoms with E-state index in [4.69, 9.17) is 9.47 Å². The molecule has 0 amide bonds. The molecule has 5 nitrogen and oxygen atoms in total. The summed E-state index contributed by atoms with van der Waals surface area (Å²) in [6.45, 7) is 11.9. The molecule has 2 rings (SSSR count). The minimum Gasteiger partial charge on any atom is -0.493 e. The third-order valence-electron chi connectivity index (χ3n) is 4.79. The van der Waals surface area contributed by atoms with E-state index >= 15 is 0 Å². The molecule has 1 N–H and O–H groups in total. The smallest absolute Gasteiger partial charge is 0.193 e. The summed E-state index contributed by atoms with van der Waals surface area (Å²) in [4.78, 5) is 6.87. The normalized spacial score (nSPS) is 17.8. The van der Waals surface area contributed by atoms with E-state index in [9.17, 15) is 0 Å². The highest BCUT2D eigenvalue weighted by atomic mass is 32.2. The largest absolute Gasteiger partial charge is 0.493 e. The van der Waals surface area contributed by atoms with Gasteiger partial charge in [0, 0.05) is 42.6 Å². The summed E-state index contributed by atoms with van der Waals surface area (Å²) < 4.78 is 11.1. The van der Waals surface area contributed by atoms with Crippen molar-refractivity contribution in [3.8, 4) is 11.5 Å². The van der Waals surface area contributed by atoms with Gasteiger partial charge in [-0.15, -0.1) is 0 Å². The van der Waals surface area contributed by atoms with Crippen molar-refractivity contribution in [2.75, 3.05) is 46.7 Å². The van der Waals surface area contributed by atoms with Crippen molar-refractivity contribution in [2.45, 2.75) is 37.9 Å². The van der Waals surface area contributed by atoms with Gasteiger partial charge in [-0.05, 0) is 31.5 Å². The van der Waals surface area contributed by atoms with Gasteiger partial charge in [-0.2, -0.15) is 11.8 Å². The fourth-order valence-corrected chi connectivity index (χ4v) is 4.30. The van der Waals surface area contributed by atoms with Gasteiger partial charge in [0.1, 0.15) is 0 Å². The zero-order chi connectivity index (χ0) is 19.4. The van der Waals surface area contributed by atoms with E-state index in [0.29, 0.717) is 0 Å². The lowest BCUT2D eigenvalue weighted by atomic mass is 9.84. The zero-order valence-electron chi connectivity index (χ0n) is 17.2. The fraction of sp³-hybridized carbons (Fsp3) is 0.650. The second-order valence-corrected chi connectivity index (χ2v) is 9.69. The molecule has 1 aromatic carbocycles. The van der Waals surface area contributed by atoms with Crippen LogP contribution >= 0.6 is 11.8 Å². The van der Waals surface area contributed by atoms with Gasteiger partial charge in [0.25, 0.3) is 0 Å². The Morgan fingerprint density at radius 2 is 1.96 bits per heavy atom. The molecule has 26 heavy (non-hydrogen) atoms. The predicted molar refractivity (Wildman–Crippen MR) is 112 cm³/mol. The van der Waals surface area contributed by atoms with Crippen LogP contribution in [0.4, 0.5) is 0 Å². The van der Waals surface area contributed by atoms with Crippen molar-refractivity contribution in [3.63, 3.8) is 0 Å². The first-order valence-electron chi connectivity index (χ1n) is 9.04. The average Bonchev–Trinajstić information content (AvgIpc) is 2.60. The quantitative estimate of drug-likeness (QED) is 0.628. The SMILES string of the molecule is CN=C(NCC(C)(C)c1ccc(OC)c(OC)c1)N1CCSC(C)(C)C1. The fourth-order valence-electron chi connectivity index (χ4n) is 3.19. The second-order valence-electron chi connectivity index (χ2n) is 7.88. The summed E-state index contributed by atoms with van der Waals surface area (Å²) in [7, 11) is 5.19. The number of thioether (sulfide) groups is 1. The first-order chi connectivity index (χ1) is 12.2. The van der Waals surface area contributed by atoms with E-state index in [2.05, 4.69) is 55.0 Å². The number of rotatable bonds is 5. The lowest BCUT2D eigenvalue weighted by Gasteiger charge is -2.40. The molecule has 0 aromatic heterocycles. The Hall–Kier alpha value is -1.56. The monoisotopic (exact) mass is 379 g/mol. The van der Waals surface area contributed by atoms with Crippen LogP contribution in [0.1, 0.15) is 33.3 Å². The van der Waals surface area contributed by atoms with Crippen LogP contribution in [0.3, 0.4) is 0 Å². The van der Waals surface area contributed by atoms with Crippen LogP contribution in [0, 0.1) is 0 Å². The Labute approximate surface area is 162 Å².